The van der Waals surface area contributed by atoms with Crippen LogP contribution in [0.15, 0.2) is 18.5 Å². The molecule has 0 aliphatic heterocycles. The molecule has 1 aromatic rings. The average molecular weight is 178 g/mol. The van der Waals surface area contributed by atoms with Gasteiger partial charge in [-0.15, -0.1) is 0 Å². The second kappa shape index (κ2) is 4.60. The van der Waals surface area contributed by atoms with E-state index in [1.54, 1.807) is 12.4 Å². The average Bonchev–Trinajstić information content (AvgIpc) is 2.15. The molecule has 1 aromatic heterocycles. The molecule has 0 bridgehead atoms. The lowest BCUT2D eigenvalue weighted by Crippen LogP contribution is -2.24. The van der Waals surface area contributed by atoms with Crippen LogP contribution < -0.4 is 5.32 Å². The molecule has 1 heterocycles. The Bertz CT molecular complexity index is 297. The molecule has 0 aromatic carbocycles. The molecule has 0 spiro atoms. The lowest BCUT2D eigenvalue weighted by Gasteiger charge is -2.04. The second-order valence-electron chi connectivity index (χ2n) is 2.95. The minimum absolute atomic E-state index is 0.0348. The number of aryl methyl sites for hydroxylation is 1. The maximum atomic E-state index is 11.5. The van der Waals surface area contributed by atoms with Crippen molar-refractivity contribution < 1.29 is 4.79 Å². The van der Waals surface area contributed by atoms with Crippen molar-refractivity contribution in [2.24, 2.45) is 0 Å². The molecule has 3 nitrogen and oxygen atoms in total. The van der Waals surface area contributed by atoms with Crippen molar-refractivity contribution in [3.05, 3.63) is 29.6 Å². The second-order valence-corrected chi connectivity index (χ2v) is 2.95. The molecule has 0 unspecified atom stereocenters. The number of rotatable bonds is 3. The van der Waals surface area contributed by atoms with E-state index in [4.69, 9.17) is 0 Å². The number of hydrogen-bond acceptors (Lipinski definition) is 2. The van der Waals surface area contributed by atoms with Gasteiger partial charge in [0.1, 0.15) is 0 Å². The number of aromatic nitrogens is 1. The van der Waals surface area contributed by atoms with Crippen LogP contribution in [0.4, 0.5) is 0 Å². The number of nitrogens with zero attached hydrogens (tertiary/aromatic N) is 1. The minimum Gasteiger partial charge on any atom is -0.352 e. The first kappa shape index (κ1) is 9.71. The van der Waals surface area contributed by atoms with Crippen LogP contribution in [0, 0.1) is 6.92 Å². The highest BCUT2D eigenvalue weighted by Crippen LogP contribution is 2.03. The smallest absolute Gasteiger partial charge is 0.253 e. The Balaban J connectivity index is 2.71. The van der Waals surface area contributed by atoms with Gasteiger partial charge in [0.15, 0.2) is 0 Å². The minimum atomic E-state index is -0.0348. The molecule has 70 valence electrons. The molecular weight excluding hydrogens is 164 g/mol. The summed E-state index contributed by atoms with van der Waals surface area (Å²) in [5.74, 6) is -0.0348. The summed E-state index contributed by atoms with van der Waals surface area (Å²) in [7, 11) is 0. The van der Waals surface area contributed by atoms with Gasteiger partial charge < -0.3 is 5.32 Å². The standard InChI is InChI=1S/C10H14N2O/c1-3-5-12-10(13)9-7-11-6-4-8(9)2/h4,6-7H,3,5H2,1-2H3,(H,12,13). The number of pyridine rings is 1. The zero-order valence-electron chi connectivity index (χ0n) is 8.00. The van der Waals surface area contributed by atoms with Crippen molar-refractivity contribution in [2.45, 2.75) is 20.3 Å². The molecule has 0 aliphatic rings. The maximum Gasteiger partial charge on any atom is 0.253 e. The van der Waals surface area contributed by atoms with Gasteiger partial charge in [0.25, 0.3) is 5.91 Å². The van der Waals surface area contributed by atoms with Crippen LogP contribution in [0.2, 0.25) is 0 Å². The van der Waals surface area contributed by atoms with E-state index in [0.717, 1.165) is 12.0 Å². The van der Waals surface area contributed by atoms with Gasteiger partial charge in [0.05, 0.1) is 5.56 Å². The lowest BCUT2D eigenvalue weighted by molar-refractivity contribution is 0.0952. The van der Waals surface area contributed by atoms with E-state index in [0.29, 0.717) is 12.1 Å². The number of nitrogens with one attached hydrogen (secondary N) is 1. The first-order chi connectivity index (χ1) is 6.25. The van der Waals surface area contributed by atoms with Crippen molar-refractivity contribution in [1.82, 2.24) is 10.3 Å². The van der Waals surface area contributed by atoms with E-state index in [-0.39, 0.29) is 5.91 Å². The van der Waals surface area contributed by atoms with Crippen LogP contribution >= 0.6 is 0 Å². The zero-order valence-corrected chi connectivity index (χ0v) is 8.00. The number of carbonyl (C=O) groups excluding carboxylic acids is 1. The van der Waals surface area contributed by atoms with E-state index in [2.05, 4.69) is 10.3 Å². The molecule has 13 heavy (non-hydrogen) atoms. The SMILES string of the molecule is CCCNC(=O)c1cnccc1C. The molecule has 0 aliphatic carbocycles. The molecule has 0 saturated heterocycles. The number of carbonyl (C=O) groups is 1. The maximum absolute atomic E-state index is 11.5. The third kappa shape index (κ3) is 2.54. The summed E-state index contributed by atoms with van der Waals surface area (Å²) in [6.07, 6.45) is 4.23. The molecule has 0 fully saturated rings. The molecule has 3 heteroatoms. The van der Waals surface area contributed by atoms with Crippen LogP contribution in [0.5, 0.6) is 0 Å². The van der Waals surface area contributed by atoms with Crippen molar-refractivity contribution in [3.8, 4) is 0 Å². The van der Waals surface area contributed by atoms with E-state index < -0.39 is 0 Å². The van der Waals surface area contributed by atoms with Crippen molar-refractivity contribution >= 4 is 5.91 Å². The Kier molecular flexibility index (Phi) is 3.43. The van der Waals surface area contributed by atoms with Crippen molar-refractivity contribution in [2.75, 3.05) is 6.54 Å². The Morgan fingerprint density at radius 3 is 3.00 bits per heavy atom. The summed E-state index contributed by atoms with van der Waals surface area (Å²) in [6, 6.07) is 1.83. The summed E-state index contributed by atoms with van der Waals surface area (Å²) >= 11 is 0. The van der Waals surface area contributed by atoms with Gasteiger partial charge in [-0.1, -0.05) is 6.92 Å². The number of amides is 1. The summed E-state index contributed by atoms with van der Waals surface area (Å²) in [6.45, 7) is 4.64. The molecular formula is C10H14N2O. The largest absolute Gasteiger partial charge is 0.352 e. The number of hydrogen-bond donors (Lipinski definition) is 1. The van der Waals surface area contributed by atoms with Crippen LogP contribution in [0.1, 0.15) is 29.3 Å². The van der Waals surface area contributed by atoms with Gasteiger partial charge >= 0.3 is 0 Å². The van der Waals surface area contributed by atoms with Crippen LogP contribution in [-0.4, -0.2) is 17.4 Å². The summed E-state index contributed by atoms with van der Waals surface area (Å²) in [5.41, 5.74) is 1.62. The summed E-state index contributed by atoms with van der Waals surface area (Å²) < 4.78 is 0. The van der Waals surface area contributed by atoms with Gasteiger partial charge in [0.2, 0.25) is 0 Å². The fourth-order valence-electron chi connectivity index (χ4n) is 1.04. The van der Waals surface area contributed by atoms with Gasteiger partial charge in [-0.05, 0) is 25.0 Å². The monoisotopic (exact) mass is 178 g/mol. The molecule has 0 saturated carbocycles. The van der Waals surface area contributed by atoms with Gasteiger partial charge in [-0.25, -0.2) is 0 Å². The molecule has 0 radical (unpaired) electrons. The highest BCUT2D eigenvalue weighted by atomic mass is 16.1. The van der Waals surface area contributed by atoms with E-state index in [1.807, 2.05) is 19.9 Å². The summed E-state index contributed by atoms with van der Waals surface area (Å²) in [5, 5.41) is 2.81. The highest BCUT2D eigenvalue weighted by Gasteiger charge is 2.06. The third-order valence-electron chi connectivity index (χ3n) is 1.82. The van der Waals surface area contributed by atoms with Crippen LogP contribution in [-0.2, 0) is 0 Å². The Hall–Kier alpha value is -1.38. The van der Waals surface area contributed by atoms with E-state index >= 15 is 0 Å². The Labute approximate surface area is 78.2 Å². The van der Waals surface area contributed by atoms with Gasteiger partial charge in [0, 0.05) is 18.9 Å². The van der Waals surface area contributed by atoms with Gasteiger partial charge in [-0.3, -0.25) is 9.78 Å². The predicted octanol–water partition coefficient (Wildman–Crippen LogP) is 1.53. The van der Waals surface area contributed by atoms with Crippen LogP contribution in [0.25, 0.3) is 0 Å². The Morgan fingerprint density at radius 2 is 2.38 bits per heavy atom. The topological polar surface area (TPSA) is 42.0 Å². The van der Waals surface area contributed by atoms with Crippen LogP contribution in [0.3, 0.4) is 0 Å². The quantitative estimate of drug-likeness (QED) is 0.762. The van der Waals surface area contributed by atoms with E-state index in [9.17, 15) is 4.79 Å². The lowest BCUT2D eigenvalue weighted by atomic mass is 10.1. The van der Waals surface area contributed by atoms with Gasteiger partial charge in [-0.2, -0.15) is 0 Å². The third-order valence-corrected chi connectivity index (χ3v) is 1.82. The molecule has 1 N–H and O–H groups in total. The summed E-state index contributed by atoms with van der Waals surface area (Å²) in [4.78, 5) is 15.4. The molecule has 1 rings (SSSR count). The van der Waals surface area contributed by atoms with Crippen molar-refractivity contribution in [1.29, 1.82) is 0 Å². The first-order valence-corrected chi connectivity index (χ1v) is 4.44. The zero-order chi connectivity index (χ0) is 9.68. The predicted molar refractivity (Wildman–Crippen MR) is 51.6 cm³/mol. The van der Waals surface area contributed by atoms with E-state index in [1.165, 1.54) is 0 Å². The van der Waals surface area contributed by atoms with Crippen molar-refractivity contribution in [3.63, 3.8) is 0 Å². The Morgan fingerprint density at radius 1 is 1.62 bits per heavy atom. The first-order valence-electron chi connectivity index (χ1n) is 4.44. The fourth-order valence-corrected chi connectivity index (χ4v) is 1.04. The fraction of sp³-hybridized carbons (Fsp3) is 0.400. The normalized spacial score (nSPS) is 9.69. The highest BCUT2D eigenvalue weighted by molar-refractivity contribution is 5.95. The molecule has 1 amide bonds. The molecule has 0 atom stereocenters.